The van der Waals surface area contributed by atoms with Crippen molar-refractivity contribution in [2.45, 2.75) is 6.92 Å². The van der Waals surface area contributed by atoms with Gasteiger partial charge in [-0.25, -0.2) is 4.79 Å². The van der Waals surface area contributed by atoms with Crippen molar-refractivity contribution in [3.63, 3.8) is 0 Å². The first-order valence-corrected chi connectivity index (χ1v) is 8.85. The molecule has 0 radical (unpaired) electrons. The van der Waals surface area contributed by atoms with Crippen LogP contribution in [0.15, 0.2) is 57.1 Å². The van der Waals surface area contributed by atoms with E-state index in [-0.39, 0.29) is 11.4 Å². The van der Waals surface area contributed by atoms with Gasteiger partial charge in [0.1, 0.15) is 5.70 Å². The number of halogens is 2. The summed E-state index contributed by atoms with van der Waals surface area (Å²) in [5.74, 6) is -2.03. The van der Waals surface area contributed by atoms with Crippen molar-refractivity contribution in [3.8, 4) is 5.75 Å². The van der Waals surface area contributed by atoms with Crippen LogP contribution in [0.3, 0.4) is 0 Å². The van der Waals surface area contributed by atoms with Crippen molar-refractivity contribution in [2.24, 2.45) is 0 Å². The molecular formula is C18H13Br2NO5. The molecule has 0 aliphatic carbocycles. The first-order chi connectivity index (χ1) is 12.3. The molecule has 0 saturated heterocycles. The smallest absolute Gasteiger partial charge is 0.352 e. The zero-order valence-electron chi connectivity index (χ0n) is 13.5. The van der Waals surface area contributed by atoms with Gasteiger partial charge in [0, 0.05) is 12.5 Å². The van der Waals surface area contributed by atoms with E-state index in [9.17, 15) is 19.5 Å². The van der Waals surface area contributed by atoms with Crippen LogP contribution in [-0.4, -0.2) is 23.0 Å². The molecule has 2 aromatic carbocycles. The molecule has 0 saturated carbocycles. The highest BCUT2D eigenvalue weighted by molar-refractivity contribution is 9.11. The monoisotopic (exact) mass is 481 g/mol. The third-order valence-electron chi connectivity index (χ3n) is 3.09. The largest absolute Gasteiger partial charge is 0.477 e. The Kier molecular flexibility index (Phi) is 6.70. The van der Waals surface area contributed by atoms with E-state index in [1.54, 1.807) is 42.5 Å². The Morgan fingerprint density at radius 1 is 1.08 bits per heavy atom. The predicted octanol–water partition coefficient (Wildman–Crippen LogP) is 3.99. The molecular weight excluding hydrogens is 470 g/mol. The maximum atomic E-state index is 12.2. The molecule has 134 valence electrons. The first-order valence-electron chi connectivity index (χ1n) is 7.26. The van der Waals surface area contributed by atoms with Gasteiger partial charge in [0.05, 0.1) is 8.95 Å². The molecule has 26 heavy (non-hydrogen) atoms. The number of esters is 1. The van der Waals surface area contributed by atoms with Crippen LogP contribution < -0.4 is 10.1 Å². The summed E-state index contributed by atoms with van der Waals surface area (Å²) >= 11 is 6.54. The molecule has 2 aromatic rings. The predicted molar refractivity (Wildman–Crippen MR) is 103 cm³/mol. The Labute approximate surface area is 166 Å². The molecule has 2 rings (SSSR count). The number of nitrogens with one attached hydrogen (secondary N) is 1. The number of carbonyl (C=O) groups is 3. The fourth-order valence-electron chi connectivity index (χ4n) is 2.01. The van der Waals surface area contributed by atoms with E-state index in [0.29, 0.717) is 20.1 Å². The number of hydrogen-bond acceptors (Lipinski definition) is 4. The van der Waals surface area contributed by atoms with Crippen LogP contribution in [0.4, 0.5) is 0 Å². The zero-order valence-corrected chi connectivity index (χ0v) is 16.6. The number of carbonyl (C=O) groups excluding carboxylic acids is 2. The number of amides is 1. The van der Waals surface area contributed by atoms with Crippen LogP contribution in [0.2, 0.25) is 0 Å². The maximum absolute atomic E-state index is 12.2. The van der Waals surface area contributed by atoms with E-state index >= 15 is 0 Å². The lowest BCUT2D eigenvalue weighted by atomic mass is 10.1. The van der Waals surface area contributed by atoms with Crippen LogP contribution in [0.5, 0.6) is 5.75 Å². The Morgan fingerprint density at radius 3 is 2.15 bits per heavy atom. The molecule has 0 unspecified atom stereocenters. The second-order valence-corrected chi connectivity index (χ2v) is 6.80. The lowest BCUT2D eigenvalue weighted by Crippen LogP contribution is -2.27. The Balaban J connectivity index is 2.33. The third-order valence-corrected chi connectivity index (χ3v) is 4.27. The Hall–Kier alpha value is -2.45. The van der Waals surface area contributed by atoms with Crippen molar-refractivity contribution in [1.82, 2.24) is 5.32 Å². The van der Waals surface area contributed by atoms with Crippen LogP contribution in [0.1, 0.15) is 22.8 Å². The minimum Gasteiger partial charge on any atom is -0.477 e. The molecule has 0 fully saturated rings. The fourth-order valence-corrected chi connectivity index (χ4v) is 3.39. The summed E-state index contributed by atoms with van der Waals surface area (Å²) in [5.41, 5.74) is 0.524. The topological polar surface area (TPSA) is 92.7 Å². The summed E-state index contributed by atoms with van der Waals surface area (Å²) in [5, 5.41) is 11.7. The molecule has 1 amide bonds. The van der Waals surface area contributed by atoms with Crippen LogP contribution >= 0.6 is 31.9 Å². The van der Waals surface area contributed by atoms with Gasteiger partial charge >= 0.3 is 11.9 Å². The van der Waals surface area contributed by atoms with Crippen molar-refractivity contribution >= 4 is 55.8 Å². The maximum Gasteiger partial charge on any atom is 0.352 e. The van der Waals surface area contributed by atoms with Crippen molar-refractivity contribution in [1.29, 1.82) is 0 Å². The molecule has 0 aliphatic heterocycles. The molecule has 0 aliphatic rings. The molecule has 0 bridgehead atoms. The average molecular weight is 483 g/mol. The van der Waals surface area contributed by atoms with Gasteiger partial charge in [0.2, 0.25) is 0 Å². The van der Waals surface area contributed by atoms with Crippen LogP contribution in [0, 0.1) is 0 Å². The lowest BCUT2D eigenvalue weighted by Gasteiger charge is -2.10. The zero-order chi connectivity index (χ0) is 19.3. The third kappa shape index (κ3) is 5.27. The van der Waals surface area contributed by atoms with Crippen molar-refractivity contribution < 1.29 is 24.2 Å². The van der Waals surface area contributed by atoms with E-state index in [2.05, 4.69) is 37.2 Å². The molecule has 2 N–H and O–H groups in total. The van der Waals surface area contributed by atoms with Gasteiger partial charge in [0.15, 0.2) is 5.75 Å². The minimum atomic E-state index is -1.29. The lowest BCUT2D eigenvalue weighted by molar-refractivity contribution is -0.133. The van der Waals surface area contributed by atoms with Crippen molar-refractivity contribution in [3.05, 3.63) is 68.2 Å². The Bertz CT molecular complexity index is 871. The number of carboxylic acids is 1. The van der Waals surface area contributed by atoms with E-state index in [1.165, 1.54) is 13.0 Å². The summed E-state index contributed by atoms with van der Waals surface area (Å²) in [6, 6.07) is 11.4. The number of aliphatic carboxylic acids is 1. The summed E-state index contributed by atoms with van der Waals surface area (Å²) < 4.78 is 5.97. The van der Waals surface area contributed by atoms with Gasteiger partial charge in [-0.05, 0) is 67.8 Å². The number of carboxylic acid groups (broad SMARTS) is 1. The molecule has 0 heterocycles. The second-order valence-electron chi connectivity index (χ2n) is 5.09. The number of hydrogen-bond donors (Lipinski definition) is 2. The highest BCUT2D eigenvalue weighted by Crippen LogP contribution is 2.35. The first kappa shape index (κ1) is 19.9. The number of ether oxygens (including phenoxy) is 1. The quantitative estimate of drug-likeness (QED) is 0.382. The summed E-state index contributed by atoms with van der Waals surface area (Å²) in [4.78, 5) is 34.8. The van der Waals surface area contributed by atoms with Crippen LogP contribution in [0.25, 0.3) is 6.08 Å². The molecule has 0 spiro atoms. The Morgan fingerprint density at radius 2 is 1.65 bits per heavy atom. The van der Waals surface area contributed by atoms with Gasteiger partial charge < -0.3 is 15.2 Å². The normalized spacial score (nSPS) is 11.0. The van der Waals surface area contributed by atoms with E-state index in [4.69, 9.17) is 4.74 Å². The molecule has 8 heteroatoms. The fraction of sp³-hybridized carbons (Fsp3) is 0.0556. The van der Waals surface area contributed by atoms with Gasteiger partial charge in [-0.1, -0.05) is 18.2 Å². The van der Waals surface area contributed by atoms with E-state index in [1.807, 2.05) is 0 Å². The van der Waals surface area contributed by atoms with E-state index < -0.39 is 17.8 Å². The SMILES string of the molecule is CC(=O)Oc1c(Br)cc(/C=C(/NC(=O)c2ccccc2)C(=O)O)cc1Br. The van der Waals surface area contributed by atoms with Gasteiger partial charge in [0.25, 0.3) is 5.91 Å². The standard InChI is InChI=1S/C18H13Br2NO5/c1-10(22)26-16-13(19)7-11(8-14(16)20)9-15(18(24)25)21-17(23)12-5-3-2-4-6-12/h2-9H,1H3,(H,21,23)(H,24,25)/b15-9+. The van der Waals surface area contributed by atoms with Crippen molar-refractivity contribution in [2.75, 3.05) is 0 Å². The molecule has 0 atom stereocenters. The van der Waals surface area contributed by atoms with E-state index in [0.717, 1.165) is 0 Å². The number of rotatable bonds is 5. The van der Waals surface area contributed by atoms with Gasteiger partial charge in [-0.3, -0.25) is 9.59 Å². The van der Waals surface area contributed by atoms with Gasteiger partial charge in [-0.15, -0.1) is 0 Å². The highest BCUT2D eigenvalue weighted by atomic mass is 79.9. The van der Waals surface area contributed by atoms with Gasteiger partial charge in [-0.2, -0.15) is 0 Å². The van der Waals surface area contributed by atoms with Crippen LogP contribution in [-0.2, 0) is 9.59 Å². The minimum absolute atomic E-state index is 0.278. The summed E-state index contributed by atoms with van der Waals surface area (Å²) in [7, 11) is 0. The molecule has 0 aromatic heterocycles. The molecule has 6 nitrogen and oxygen atoms in total. The second kappa shape index (κ2) is 8.77. The summed E-state index contributed by atoms with van der Waals surface area (Å²) in [6.07, 6.45) is 1.30. The number of benzene rings is 2. The highest BCUT2D eigenvalue weighted by Gasteiger charge is 2.15. The average Bonchev–Trinajstić information content (AvgIpc) is 2.58. The summed E-state index contributed by atoms with van der Waals surface area (Å²) in [6.45, 7) is 1.27.